The van der Waals surface area contributed by atoms with E-state index in [1.54, 1.807) is 11.2 Å². The topological polar surface area (TPSA) is 37.4 Å². The maximum Gasteiger partial charge on any atom is 0.243 e. The zero-order valence-corrected chi connectivity index (χ0v) is 13.9. The maximum atomic E-state index is 13.4. The van der Waals surface area contributed by atoms with Crippen LogP contribution < -0.4 is 0 Å². The Labute approximate surface area is 130 Å². The Morgan fingerprint density at radius 1 is 1.24 bits per heavy atom. The molecule has 6 heteroatoms. The number of rotatable bonds is 3. The fraction of sp³-hybridized carbons (Fsp3) is 0.600. The van der Waals surface area contributed by atoms with Crippen molar-refractivity contribution in [2.24, 2.45) is 0 Å². The number of sulfonamides is 1. The first-order chi connectivity index (χ1) is 9.93. The number of hydrogen-bond donors (Lipinski definition) is 0. The van der Waals surface area contributed by atoms with E-state index in [2.05, 4.69) is 6.26 Å². The highest BCUT2D eigenvalue weighted by atomic mass is 32.2. The van der Waals surface area contributed by atoms with Gasteiger partial charge in [0.15, 0.2) is 0 Å². The van der Waals surface area contributed by atoms with Crippen molar-refractivity contribution in [3.8, 4) is 0 Å². The second-order valence-corrected chi connectivity index (χ2v) is 8.94. The number of hydrogen-bond acceptors (Lipinski definition) is 3. The average molecular weight is 329 g/mol. The lowest BCUT2D eigenvalue weighted by Crippen LogP contribution is -2.47. The third-order valence-corrected chi connectivity index (χ3v) is 7.71. The fourth-order valence-electron chi connectivity index (χ4n) is 3.57. The lowest BCUT2D eigenvalue weighted by atomic mass is 10.1. The molecule has 1 aromatic carbocycles. The van der Waals surface area contributed by atoms with Crippen LogP contribution in [-0.2, 0) is 10.0 Å². The van der Waals surface area contributed by atoms with Crippen molar-refractivity contribution in [1.29, 1.82) is 0 Å². The van der Waals surface area contributed by atoms with E-state index in [1.165, 1.54) is 18.2 Å². The molecule has 1 aromatic rings. The van der Waals surface area contributed by atoms with Crippen LogP contribution in [0, 0.1) is 12.7 Å². The molecule has 2 aliphatic rings. The third kappa shape index (κ3) is 2.62. The number of aryl methyl sites for hydroxylation is 1. The molecule has 21 heavy (non-hydrogen) atoms. The molecule has 3 rings (SSSR count). The lowest BCUT2D eigenvalue weighted by molar-refractivity contribution is 0.253. The van der Waals surface area contributed by atoms with E-state index in [0.29, 0.717) is 10.8 Å². The zero-order chi connectivity index (χ0) is 15.2. The van der Waals surface area contributed by atoms with Gasteiger partial charge in [-0.15, -0.1) is 0 Å². The van der Waals surface area contributed by atoms with Crippen LogP contribution in [0.2, 0.25) is 0 Å². The largest absolute Gasteiger partial charge is 0.243 e. The van der Waals surface area contributed by atoms with Gasteiger partial charge in [0.2, 0.25) is 10.0 Å². The molecule has 2 atom stereocenters. The van der Waals surface area contributed by atoms with Gasteiger partial charge < -0.3 is 0 Å². The van der Waals surface area contributed by atoms with Gasteiger partial charge in [0.1, 0.15) is 5.82 Å². The first-order valence-electron chi connectivity index (χ1n) is 7.26. The van der Waals surface area contributed by atoms with Crippen LogP contribution >= 0.6 is 11.8 Å². The van der Waals surface area contributed by atoms with E-state index in [1.807, 2.05) is 11.8 Å². The molecule has 116 valence electrons. The minimum Gasteiger partial charge on any atom is -0.207 e. The minimum absolute atomic E-state index is 0.108. The van der Waals surface area contributed by atoms with Crippen LogP contribution in [0.4, 0.5) is 4.39 Å². The lowest BCUT2D eigenvalue weighted by Gasteiger charge is -2.37. The molecule has 2 heterocycles. The number of halogens is 1. The quantitative estimate of drug-likeness (QED) is 0.855. The molecule has 0 aromatic heterocycles. The average Bonchev–Trinajstić information content (AvgIpc) is 2.74. The molecular formula is C15H20FNO2S2. The van der Waals surface area contributed by atoms with E-state index < -0.39 is 10.0 Å². The summed E-state index contributed by atoms with van der Waals surface area (Å²) in [6.45, 7) is 1.60. The van der Waals surface area contributed by atoms with Crippen molar-refractivity contribution in [3.05, 3.63) is 29.6 Å². The van der Waals surface area contributed by atoms with Crippen LogP contribution in [-0.4, -0.2) is 36.3 Å². The molecular weight excluding hydrogens is 309 g/mol. The summed E-state index contributed by atoms with van der Waals surface area (Å²) in [6.07, 6.45) is 5.84. The summed E-state index contributed by atoms with van der Waals surface area (Å²) < 4.78 is 40.9. The van der Waals surface area contributed by atoms with Gasteiger partial charge >= 0.3 is 0 Å². The third-order valence-electron chi connectivity index (χ3n) is 4.66. The van der Waals surface area contributed by atoms with Crippen LogP contribution in [0.25, 0.3) is 0 Å². The summed E-state index contributed by atoms with van der Waals surface area (Å²) in [5, 5.41) is 0.559. The molecule has 3 nitrogen and oxygen atoms in total. The van der Waals surface area contributed by atoms with Crippen molar-refractivity contribution in [1.82, 2.24) is 4.31 Å². The smallest absolute Gasteiger partial charge is 0.207 e. The van der Waals surface area contributed by atoms with Crippen molar-refractivity contribution < 1.29 is 12.8 Å². The highest BCUT2D eigenvalue weighted by Crippen LogP contribution is 2.42. The van der Waals surface area contributed by atoms with E-state index >= 15 is 0 Å². The van der Waals surface area contributed by atoms with E-state index in [9.17, 15) is 12.8 Å². The van der Waals surface area contributed by atoms with Gasteiger partial charge in [-0.3, -0.25) is 0 Å². The first-order valence-corrected chi connectivity index (χ1v) is 9.98. The van der Waals surface area contributed by atoms with Crippen molar-refractivity contribution in [2.45, 2.75) is 54.8 Å². The zero-order valence-electron chi connectivity index (χ0n) is 12.3. The van der Waals surface area contributed by atoms with Gasteiger partial charge in [-0.05, 0) is 62.6 Å². The molecule has 2 unspecified atom stereocenters. The fourth-order valence-corrected chi connectivity index (χ4v) is 6.37. The second-order valence-electron chi connectivity index (χ2n) is 5.96. The maximum absolute atomic E-state index is 13.4. The van der Waals surface area contributed by atoms with Crippen molar-refractivity contribution >= 4 is 21.8 Å². The predicted molar refractivity (Wildman–Crippen MR) is 83.5 cm³/mol. The Kier molecular flexibility index (Phi) is 4.05. The summed E-state index contributed by atoms with van der Waals surface area (Å²) in [5.74, 6) is -0.363. The van der Waals surface area contributed by atoms with Gasteiger partial charge in [-0.2, -0.15) is 16.1 Å². The molecule has 0 saturated carbocycles. The number of thioether (sulfide) groups is 1. The van der Waals surface area contributed by atoms with Crippen LogP contribution in [0.5, 0.6) is 0 Å². The number of benzene rings is 1. The van der Waals surface area contributed by atoms with Crippen LogP contribution in [0.15, 0.2) is 23.1 Å². The van der Waals surface area contributed by atoms with Gasteiger partial charge in [0.05, 0.1) is 4.90 Å². The molecule has 0 amide bonds. The van der Waals surface area contributed by atoms with E-state index in [0.717, 1.165) is 25.7 Å². The number of piperidine rings is 1. The monoisotopic (exact) mass is 329 g/mol. The Morgan fingerprint density at radius 3 is 2.38 bits per heavy atom. The van der Waals surface area contributed by atoms with Gasteiger partial charge in [-0.1, -0.05) is 0 Å². The van der Waals surface area contributed by atoms with E-state index in [-0.39, 0.29) is 22.8 Å². The second kappa shape index (κ2) is 5.56. The number of fused-ring (bicyclic) bond motifs is 2. The van der Waals surface area contributed by atoms with Gasteiger partial charge in [0, 0.05) is 17.3 Å². The van der Waals surface area contributed by atoms with Gasteiger partial charge in [0.25, 0.3) is 0 Å². The predicted octanol–water partition coefficient (Wildman–Crippen LogP) is 3.18. The summed E-state index contributed by atoms with van der Waals surface area (Å²) in [7, 11) is -3.51. The van der Waals surface area contributed by atoms with Crippen LogP contribution in [0.3, 0.4) is 0 Å². The Bertz CT molecular complexity index is 633. The summed E-state index contributed by atoms with van der Waals surface area (Å²) in [4.78, 5) is 0.223. The Balaban J connectivity index is 1.94. The molecule has 2 saturated heterocycles. The minimum atomic E-state index is -3.51. The highest BCUT2D eigenvalue weighted by molar-refractivity contribution is 7.99. The standard InChI is InChI=1S/C15H20FNO2S2/c1-10-7-14(5-6-15(10)16)21(18,19)17-11-3-4-12(17)9-13(8-11)20-2/h5-7,11-13H,3-4,8-9H2,1-2H3. The van der Waals surface area contributed by atoms with Crippen LogP contribution in [0.1, 0.15) is 31.2 Å². The molecule has 2 fully saturated rings. The first kappa shape index (κ1) is 15.3. The molecule has 0 spiro atoms. The van der Waals surface area contributed by atoms with Crippen molar-refractivity contribution in [3.63, 3.8) is 0 Å². The molecule has 0 radical (unpaired) electrons. The summed E-state index contributed by atoms with van der Waals surface area (Å²) >= 11 is 1.84. The summed E-state index contributed by atoms with van der Waals surface area (Å²) in [6, 6.07) is 4.30. The molecule has 2 bridgehead atoms. The highest BCUT2D eigenvalue weighted by Gasteiger charge is 2.46. The van der Waals surface area contributed by atoms with Gasteiger partial charge in [-0.25, -0.2) is 12.8 Å². The Hall–Kier alpha value is -0.590. The normalized spacial score (nSPS) is 29.8. The summed E-state index contributed by atoms with van der Waals surface area (Å²) in [5.41, 5.74) is 0.377. The van der Waals surface area contributed by atoms with E-state index in [4.69, 9.17) is 0 Å². The SMILES string of the molecule is CSC1CC2CCC(C1)N2S(=O)(=O)c1ccc(F)c(C)c1. The Morgan fingerprint density at radius 2 is 1.86 bits per heavy atom. The number of nitrogens with zero attached hydrogens (tertiary/aromatic N) is 1. The molecule has 0 N–H and O–H groups in total. The molecule has 0 aliphatic carbocycles. The molecule has 2 aliphatic heterocycles. The van der Waals surface area contributed by atoms with Crippen molar-refractivity contribution in [2.75, 3.05) is 6.26 Å².